The van der Waals surface area contributed by atoms with E-state index in [0.717, 1.165) is 23.2 Å². The monoisotopic (exact) mass is 566 g/mol. The smallest absolute Gasteiger partial charge is 0.326 e. The van der Waals surface area contributed by atoms with Gasteiger partial charge in [-0.25, -0.2) is 0 Å². The van der Waals surface area contributed by atoms with E-state index in [1.807, 2.05) is 6.07 Å². The molecule has 41 heavy (non-hydrogen) atoms. The van der Waals surface area contributed by atoms with E-state index in [9.17, 15) is 0 Å². The Hall–Kier alpha value is -3.09. The van der Waals surface area contributed by atoms with Crippen LogP contribution in [0.2, 0.25) is 0 Å². The average Bonchev–Trinajstić information content (AvgIpc) is 2.92. The number of rotatable bonds is 7. The van der Waals surface area contributed by atoms with Gasteiger partial charge in [-0.3, -0.25) is 0 Å². The van der Waals surface area contributed by atoms with Crippen molar-refractivity contribution in [2.75, 3.05) is 0 Å². The molecule has 0 saturated carbocycles. The maximum atomic E-state index is 6.94. The van der Waals surface area contributed by atoms with Crippen LogP contribution in [0.4, 0.5) is 0 Å². The SMILES string of the molecule is CCc1ccc(OP(Oc2ccc(C(C)(C)C)cc2C(C)(C)C)c2ccc(-c3ccccc3)cc2)c(C(C)(C)C)c1. The Morgan fingerprint density at radius 3 is 1.56 bits per heavy atom. The summed E-state index contributed by atoms with van der Waals surface area (Å²) in [6.45, 7) is 22.5. The molecule has 4 rings (SSSR count). The van der Waals surface area contributed by atoms with E-state index >= 15 is 0 Å². The van der Waals surface area contributed by atoms with Crippen molar-refractivity contribution < 1.29 is 9.05 Å². The van der Waals surface area contributed by atoms with Gasteiger partial charge < -0.3 is 9.05 Å². The van der Waals surface area contributed by atoms with Crippen LogP contribution in [-0.4, -0.2) is 0 Å². The molecule has 4 aromatic carbocycles. The van der Waals surface area contributed by atoms with Crippen molar-refractivity contribution in [3.05, 3.63) is 113 Å². The molecule has 0 amide bonds. The van der Waals surface area contributed by atoms with Crippen LogP contribution in [0.15, 0.2) is 91.0 Å². The third-order valence-corrected chi connectivity index (χ3v) is 8.91. The lowest BCUT2D eigenvalue weighted by atomic mass is 9.80. The highest BCUT2D eigenvalue weighted by Crippen LogP contribution is 2.46. The number of hydrogen-bond acceptors (Lipinski definition) is 2. The first-order chi connectivity index (χ1) is 19.2. The lowest BCUT2D eigenvalue weighted by Gasteiger charge is -2.30. The maximum absolute atomic E-state index is 6.94. The van der Waals surface area contributed by atoms with Crippen molar-refractivity contribution in [2.24, 2.45) is 0 Å². The van der Waals surface area contributed by atoms with Crippen molar-refractivity contribution >= 4 is 13.7 Å². The summed E-state index contributed by atoms with van der Waals surface area (Å²) in [7, 11) is -1.47. The van der Waals surface area contributed by atoms with Crippen molar-refractivity contribution in [1.82, 2.24) is 0 Å². The van der Waals surface area contributed by atoms with E-state index in [1.165, 1.54) is 33.4 Å². The first-order valence-electron chi connectivity index (χ1n) is 14.8. The molecule has 4 aromatic rings. The van der Waals surface area contributed by atoms with Crippen LogP contribution in [0.25, 0.3) is 11.1 Å². The number of benzene rings is 4. The van der Waals surface area contributed by atoms with E-state index in [2.05, 4.69) is 154 Å². The fourth-order valence-corrected chi connectivity index (χ4v) is 6.15. The Balaban J connectivity index is 1.81. The average molecular weight is 567 g/mol. The zero-order valence-corrected chi connectivity index (χ0v) is 27.5. The molecule has 0 aliphatic carbocycles. The van der Waals surface area contributed by atoms with Crippen molar-refractivity contribution in [1.29, 1.82) is 0 Å². The van der Waals surface area contributed by atoms with Crippen LogP contribution >= 0.6 is 8.38 Å². The summed E-state index contributed by atoms with van der Waals surface area (Å²) in [5.74, 6) is 1.77. The van der Waals surface area contributed by atoms with Gasteiger partial charge in [-0.1, -0.05) is 136 Å². The minimum absolute atomic E-state index is 0.0513. The van der Waals surface area contributed by atoms with Crippen molar-refractivity contribution in [2.45, 2.75) is 91.9 Å². The molecule has 0 heterocycles. The Morgan fingerprint density at radius 1 is 0.537 bits per heavy atom. The third kappa shape index (κ3) is 7.60. The second-order valence-corrected chi connectivity index (χ2v) is 15.4. The molecule has 1 unspecified atom stereocenters. The van der Waals surface area contributed by atoms with Gasteiger partial charge in [0.05, 0.1) is 5.30 Å². The first-order valence-corrected chi connectivity index (χ1v) is 15.9. The van der Waals surface area contributed by atoms with Gasteiger partial charge in [-0.2, -0.15) is 0 Å². The predicted octanol–water partition coefficient (Wildman–Crippen LogP) is 10.9. The highest BCUT2D eigenvalue weighted by Gasteiger charge is 2.28. The van der Waals surface area contributed by atoms with Crippen molar-refractivity contribution in [3.8, 4) is 22.6 Å². The molecule has 1 atom stereocenters. The Kier molecular flexibility index (Phi) is 9.05. The second kappa shape index (κ2) is 12.0. The van der Waals surface area contributed by atoms with Crippen LogP contribution in [0.1, 0.15) is 91.5 Å². The van der Waals surface area contributed by atoms with Gasteiger partial charge in [-0.15, -0.1) is 0 Å². The molecular weight excluding hydrogens is 519 g/mol. The van der Waals surface area contributed by atoms with Crippen LogP contribution in [-0.2, 0) is 22.7 Å². The van der Waals surface area contributed by atoms with Gasteiger partial charge in [0, 0.05) is 11.1 Å². The summed E-state index contributed by atoms with van der Waals surface area (Å²) >= 11 is 0. The lowest BCUT2D eigenvalue weighted by Crippen LogP contribution is -2.19. The molecule has 0 fully saturated rings. The summed E-state index contributed by atoms with van der Waals surface area (Å²) in [5.41, 5.74) is 7.28. The van der Waals surface area contributed by atoms with Gasteiger partial charge in [0.15, 0.2) is 0 Å². The Morgan fingerprint density at radius 2 is 1.05 bits per heavy atom. The molecule has 0 radical (unpaired) electrons. The molecule has 0 saturated heterocycles. The summed E-state index contributed by atoms with van der Waals surface area (Å²) < 4.78 is 13.9. The van der Waals surface area contributed by atoms with E-state index in [0.29, 0.717) is 0 Å². The standard InChI is InChI=1S/C38H47O2P/c1-11-27-17-23-34(32(25-27)37(5,6)7)39-41(31-21-18-29(19-22-31)28-15-13-12-14-16-28)40-35-24-20-30(36(2,3)4)26-33(35)38(8,9)10/h12-26H,11H2,1-10H3. The van der Waals surface area contributed by atoms with Gasteiger partial charge >= 0.3 is 8.38 Å². The van der Waals surface area contributed by atoms with Crippen molar-refractivity contribution in [3.63, 3.8) is 0 Å². The molecule has 0 aliphatic rings. The van der Waals surface area contributed by atoms with Crippen LogP contribution in [0.5, 0.6) is 11.5 Å². The summed E-state index contributed by atoms with van der Waals surface area (Å²) in [6, 6.07) is 32.4. The zero-order chi connectivity index (χ0) is 30.0. The minimum atomic E-state index is -1.47. The fourth-order valence-electron chi connectivity index (χ4n) is 4.83. The second-order valence-electron chi connectivity index (χ2n) is 14.0. The largest absolute Gasteiger partial charge is 0.435 e. The highest BCUT2D eigenvalue weighted by molar-refractivity contribution is 7.56. The van der Waals surface area contributed by atoms with Crippen LogP contribution in [0.3, 0.4) is 0 Å². The van der Waals surface area contributed by atoms with Gasteiger partial charge in [0.2, 0.25) is 0 Å². The molecule has 0 N–H and O–H groups in total. The molecule has 0 bridgehead atoms. The molecule has 0 spiro atoms. The fraction of sp³-hybridized carbons (Fsp3) is 0.368. The molecular formula is C38H47O2P. The quantitative estimate of drug-likeness (QED) is 0.207. The van der Waals surface area contributed by atoms with E-state index < -0.39 is 8.38 Å². The highest BCUT2D eigenvalue weighted by atomic mass is 31.2. The van der Waals surface area contributed by atoms with E-state index in [-0.39, 0.29) is 16.2 Å². The topological polar surface area (TPSA) is 18.5 Å². The molecule has 2 nitrogen and oxygen atoms in total. The first kappa shape index (κ1) is 30.9. The van der Waals surface area contributed by atoms with Gasteiger partial charge in [-0.05, 0) is 69.2 Å². The Labute approximate surface area is 250 Å². The summed E-state index contributed by atoms with van der Waals surface area (Å²) in [4.78, 5) is 0. The summed E-state index contributed by atoms with van der Waals surface area (Å²) in [5, 5.41) is 1.04. The molecule has 0 aromatic heterocycles. The summed E-state index contributed by atoms with van der Waals surface area (Å²) in [6.07, 6.45) is 0.991. The lowest BCUT2D eigenvalue weighted by molar-refractivity contribution is 0.467. The molecule has 3 heteroatoms. The minimum Gasteiger partial charge on any atom is -0.435 e. The maximum Gasteiger partial charge on any atom is 0.326 e. The normalized spacial score (nSPS) is 13.1. The predicted molar refractivity (Wildman–Crippen MR) is 178 cm³/mol. The third-order valence-electron chi connectivity index (χ3n) is 7.46. The van der Waals surface area contributed by atoms with E-state index in [4.69, 9.17) is 9.05 Å². The van der Waals surface area contributed by atoms with E-state index in [1.54, 1.807) is 0 Å². The number of hydrogen-bond donors (Lipinski definition) is 0. The molecule has 216 valence electrons. The molecule has 0 aliphatic heterocycles. The van der Waals surface area contributed by atoms with Crippen LogP contribution < -0.4 is 14.4 Å². The van der Waals surface area contributed by atoms with Gasteiger partial charge in [0.1, 0.15) is 11.5 Å². The Bertz CT molecular complexity index is 1450. The zero-order valence-electron chi connectivity index (χ0n) is 26.6. The van der Waals surface area contributed by atoms with Gasteiger partial charge in [0.25, 0.3) is 0 Å². The number of aryl methyl sites for hydroxylation is 1. The van der Waals surface area contributed by atoms with Crippen LogP contribution in [0, 0.1) is 0 Å².